The Morgan fingerprint density at radius 3 is 1.68 bits per heavy atom. The summed E-state index contributed by atoms with van der Waals surface area (Å²) in [5.74, 6) is -12.1. The first kappa shape index (κ1) is 70.8. The van der Waals surface area contributed by atoms with Gasteiger partial charge >= 0.3 is 11.9 Å². The Bertz CT molecular complexity index is 2750. The molecule has 4 rings (SSSR count). The van der Waals surface area contributed by atoms with Crippen LogP contribution in [0, 0.1) is 11.8 Å². The van der Waals surface area contributed by atoms with Crippen LogP contribution in [0.1, 0.15) is 109 Å². The van der Waals surface area contributed by atoms with Gasteiger partial charge in [-0.3, -0.25) is 57.7 Å². The van der Waals surface area contributed by atoms with Crippen LogP contribution in [0.3, 0.4) is 0 Å². The Kier molecular flexibility index (Phi) is 28.5. The molecule has 11 atom stereocenters. The molecule has 0 bridgehead atoms. The average Bonchev–Trinajstić information content (AvgIpc) is 2.54. The highest BCUT2D eigenvalue weighted by Crippen LogP contribution is 2.27. The van der Waals surface area contributed by atoms with Crippen molar-refractivity contribution in [2.45, 2.75) is 172 Å². The lowest BCUT2D eigenvalue weighted by atomic mass is 9.96. The second-order valence-electron chi connectivity index (χ2n) is 22.3. The van der Waals surface area contributed by atoms with Crippen LogP contribution in [0.25, 0.3) is 0 Å². The smallest absolute Gasteiger partial charge is 0.326 e. The number of hydrogen-bond donors (Lipinski definition) is 14. The van der Waals surface area contributed by atoms with Crippen LogP contribution in [0.5, 0.6) is 0 Å². The maximum Gasteiger partial charge on any atom is 0.326 e. The van der Waals surface area contributed by atoms with E-state index in [-0.39, 0.29) is 89.3 Å². The number of nitrogens with one attached hydrogen (secondary N) is 7. The lowest BCUT2D eigenvalue weighted by Crippen LogP contribution is -2.61. The van der Waals surface area contributed by atoms with E-state index >= 15 is 0 Å². The third-order valence-electron chi connectivity index (χ3n) is 15.0. The molecule has 0 aromatic heterocycles. The Morgan fingerprint density at radius 2 is 1.13 bits per heavy atom. The molecule has 10 amide bonds. The summed E-state index contributed by atoms with van der Waals surface area (Å²) in [6.07, 6.45) is -0.214. The number of benzene rings is 2. The Balaban J connectivity index is 1.53. The van der Waals surface area contributed by atoms with Crippen LogP contribution in [-0.2, 0) is 70.4 Å². The zero-order chi connectivity index (χ0) is 64.5. The van der Waals surface area contributed by atoms with Crippen LogP contribution in [0.4, 0.5) is 0 Å². The molecule has 0 aliphatic carbocycles. The lowest BCUT2D eigenvalue weighted by molar-refractivity contribution is -0.148. The first-order valence-corrected chi connectivity index (χ1v) is 29.2. The molecule has 478 valence electrons. The van der Waals surface area contributed by atoms with E-state index in [0.29, 0.717) is 24.0 Å². The summed E-state index contributed by atoms with van der Waals surface area (Å²) in [7, 11) is 0. The fourth-order valence-corrected chi connectivity index (χ4v) is 10.2. The van der Waals surface area contributed by atoms with E-state index in [9.17, 15) is 67.7 Å². The standard InChI is InChI=1S/C58H86N14O15/c1-5-33(4)47(54(83)66-38(28-34-15-8-6-9-16-34)50(79)64-37(19-12-24-63-58(61)62)49(78)68-41(57(86)87)29-35-17-10-7-11-18-35)70-51(80)39(30-45(60)74)65-53(82)43-20-13-25-71(43)56(85)44-21-14-26-72(44)55(84)40(27-32(2)3)67-52(81)42(31-73)69-48(77)36(59)22-23-46(75)76/h6-11,15-18,32-33,36-44,47,73H,5,12-14,19-31,59H2,1-4H3,(H2,60,74)(H,64,79)(H,65,82)(H,66,83)(H,67,81)(H,68,78)(H,69,77)(H,70,80)(H,75,76)(H,86,87)(H4,61,62,63)/t33-,36-,37-,38-,39-,40-,41-,42-,43-,44-,47-/m0/s1. The van der Waals surface area contributed by atoms with Crippen molar-refractivity contribution < 1.29 is 72.9 Å². The minimum atomic E-state index is -1.69. The highest BCUT2D eigenvalue weighted by atomic mass is 16.4. The van der Waals surface area contributed by atoms with Gasteiger partial charge in [0.15, 0.2) is 5.96 Å². The van der Waals surface area contributed by atoms with Gasteiger partial charge < -0.3 is 85.3 Å². The number of likely N-dealkylation sites (tertiary alicyclic amines) is 2. The fraction of sp³-hybridized carbons (Fsp3) is 0.569. The second kappa shape index (κ2) is 35.0. The number of nitrogens with zero attached hydrogens (tertiary/aromatic N) is 3. The summed E-state index contributed by atoms with van der Waals surface area (Å²) in [4.78, 5) is 169. The number of aliphatic hydroxyl groups is 1. The van der Waals surface area contributed by atoms with Gasteiger partial charge in [0, 0.05) is 38.9 Å². The summed E-state index contributed by atoms with van der Waals surface area (Å²) >= 11 is 0. The molecule has 29 heteroatoms. The molecule has 2 fully saturated rings. The molecular weight excluding hydrogens is 1130 g/mol. The Hall–Kier alpha value is -8.73. The third-order valence-corrected chi connectivity index (χ3v) is 15.0. The van der Waals surface area contributed by atoms with Crippen molar-refractivity contribution in [1.29, 1.82) is 0 Å². The Morgan fingerprint density at radius 1 is 0.609 bits per heavy atom. The highest BCUT2D eigenvalue weighted by Gasteiger charge is 2.45. The van der Waals surface area contributed by atoms with Gasteiger partial charge in [-0.25, -0.2) is 4.79 Å². The quantitative estimate of drug-likeness (QED) is 0.0187. The van der Waals surface area contributed by atoms with Crippen LogP contribution in [0.2, 0.25) is 0 Å². The van der Waals surface area contributed by atoms with E-state index in [1.807, 2.05) is 0 Å². The summed E-state index contributed by atoms with van der Waals surface area (Å²) < 4.78 is 0. The van der Waals surface area contributed by atoms with Crippen LogP contribution >= 0.6 is 0 Å². The van der Waals surface area contributed by atoms with Gasteiger partial charge in [-0.1, -0.05) is 94.8 Å². The number of carbonyl (C=O) groups is 12. The molecule has 2 aliphatic rings. The van der Waals surface area contributed by atoms with Crippen molar-refractivity contribution >= 4 is 77.0 Å². The molecule has 0 radical (unpaired) electrons. The molecule has 2 saturated heterocycles. The summed E-state index contributed by atoms with van der Waals surface area (Å²) in [5.41, 5.74) is 23.6. The number of aliphatic imine (C=N–C) groups is 1. The van der Waals surface area contributed by atoms with Gasteiger partial charge in [-0.15, -0.1) is 0 Å². The van der Waals surface area contributed by atoms with Gasteiger partial charge in [0.25, 0.3) is 0 Å². The van der Waals surface area contributed by atoms with E-state index in [4.69, 9.17) is 28.0 Å². The molecule has 2 heterocycles. The number of hydrogen-bond acceptors (Lipinski definition) is 15. The minimum Gasteiger partial charge on any atom is -0.481 e. The zero-order valence-electron chi connectivity index (χ0n) is 49.6. The van der Waals surface area contributed by atoms with E-state index in [1.54, 1.807) is 88.4 Å². The molecule has 18 N–H and O–H groups in total. The summed E-state index contributed by atoms with van der Waals surface area (Å²) in [5, 5.41) is 47.0. The first-order valence-electron chi connectivity index (χ1n) is 29.2. The summed E-state index contributed by atoms with van der Waals surface area (Å²) in [6.45, 7) is 6.25. The maximum absolute atomic E-state index is 14.6. The molecule has 2 aromatic carbocycles. The van der Waals surface area contributed by atoms with E-state index in [0.717, 1.165) is 0 Å². The normalized spacial score (nSPS) is 17.7. The van der Waals surface area contributed by atoms with Crippen molar-refractivity contribution in [2.75, 3.05) is 26.2 Å². The van der Waals surface area contributed by atoms with E-state index in [1.165, 1.54) is 9.80 Å². The molecular formula is C58H86N14O15. The predicted octanol–water partition coefficient (Wildman–Crippen LogP) is -2.86. The zero-order valence-corrected chi connectivity index (χ0v) is 49.6. The number of primary amides is 1. The van der Waals surface area contributed by atoms with Crippen molar-refractivity contribution in [3.05, 3.63) is 71.8 Å². The fourth-order valence-electron chi connectivity index (χ4n) is 10.2. The van der Waals surface area contributed by atoms with Crippen molar-refractivity contribution in [3.63, 3.8) is 0 Å². The van der Waals surface area contributed by atoms with Crippen LogP contribution < -0.4 is 60.2 Å². The number of carboxylic acid groups (broad SMARTS) is 2. The van der Waals surface area contributed by atoms with E-state index in [2.05, 4.69) is 42.2 Å². The summed E-state index contributed by atoms with van der Waals surface area (Å²) in [6, 6.07) is 3.38. The number of aliphatic hydroxyl groups excluding tert-OH is 1. The van der Waals surface area contributed by atoms with Crippen LogP contribution in [0.15, 0.2) is 65.7 Å². The van der Waals surface area contributed by atoms with Gasteiger partial charge in [-0.05, 0) is 74.3 Å². The maximum atomic E-state index is 14.6. The number of nitrogens with two attached hydrogens (primary N) is 4. The van der Waals surface area contributed by atoms with Gasteiger partial charge in [0.2, 0.25) is 59.1 Å². The average molecular weight is 1220 g/mol. The first-order chi connectivity index (χ1) is 41.2. The van der Waals surface area contributed by atoms with Gasteiger partial charge in [0.1, 0.15) is 54.4 Å². The number of rotatable bonds is 35. The number of guanidine groups is 1. The molecule has 2 aromatic rings. The number of carboxylic acids is 2. The topological polar surface area (TPSA) is 473 Å². The van der Waals surface area contributed by atoms with E-state index < -0.39 is 157 Å². The molecule has 87 heavy (non-hydrogen) atoms. The molecule has 0 saturated carbocycles. The Labute approximate surface area is 504 Å². The van der Waals surface area contributed by atoms with Crippen molar-refractivity contribution in [1.82, 2.24) is 47.0 Å². The minimum absolute atomic E-state index is 0.0485. The van der Waals surface area contributed by atoms with Crippen LogP contribution in [-0.4, -0.2) is 189 Å². The largest absolute Gasteiger partial charge is 0.481 e. The molecule has 0 unspecified atom stereocenters. The number of carbonyl (C=O) groups excluding carboxylic acids is 10. The lowest BCUT2D eigenvalue weighted by Gasteiger charge is -2.34. The number of aliphatic carboxylic acids is 2. The van der Waals surface area contributed by atoms with Gasteiger partial charge in [-0.2, -0.15) is 0 Å². The second-order valence-corrected chi connectivity index (χ2v) is 22.3. The highest BCUT2D eigenvalue weighted by molar-refractivity contribution is 6.00. The van der Waals surface area contributed by atoms with Gasteiger partial charge in [0.05, 0.1) is 19.1 Å². The molecule has 2 aliphatic heterocycles. The number of amides is 10. The van der Waals surface area contributed by atoms with Crippen molar-refractivity contribution in [3.8, 4) is 0 Å². The third kappa shape index (κ3) is 22.6. The molecule has 0 spiro atoms. The molecule has 29 nitrogen and oxygen atoms in total. The monoisotopic (exact) mass is 1220 g/mol. The predicted molar refractivity (Wildman–Crippen MR) is 315 cm³/mol. The SMILES string of the molecule is CC[C@H](C)[C@H](NC(=O)[C@H](CC(N)=O)NC(=O)[C@@H]1CCCN1C(=O)[C@@H]1CCCN1C(=O)[C@H](CC(C)C)NC(=O)[C@H](CO)NC(=O)[C@@H](N)CCC(=O)O)C(=O)N[C@@H](Cc1ccccc1)C(=O)N[C@@H](CCCN=C(N)N)C(=O)N[C@@H](Cc1ccccc1)C(=O)O. The van der Waals surface area contributed by atoms with Crippen molar-refractivity contribution in [2.24, 2.45) is 39.8 Å².